The van der Waals surface area contributed by atoms with Crippen LogP contribution in [0.25, 0.3) is 49.2 Å². The summed E-state index contributed by atoms with van der Waals surface area (Å²) in [5.41, 5.74) is 5.61. The van der Waals surface area contributed by atoms with Gasteiger partial charge in [0.05, 0.1) is 36.2 Å². The van der Waals surface area contributed by atoms with Crippen LogP contribution >= 0.6 is 0 Å². The summed E-state index contributed by atoms with van der Waals surface area (Å²) in [5, 5.41) is 3.28. The van der Waals surface area contributed by atoms with Crippen LogP contribution in [0.15, 0.2) is 71.7 Å². The molecule has 0 spiro atoms. The Hall–Kier alpha value is -4.12. The average molecular weight is 420 g/mol. The number of benzene rings is 3. The standard InChI is InChI=1S/C27H20N2O3/c1-15-8-4-5-9-16(15)19-14-28-24-18-12-13-21(31-2)26(32-3)23(18)27(30)29-20-11-7-6-10-17(20)22(19)25(24)29/h4-14H,1-3H3. The van der Waals surface area contributed by atoms with Gasteiger partial charge in [-0.25, -0.2) is 0 Å². The number of aryl methyl sites for hydroxylation is 1. The lowest BCUT2D eigenvalue weighted by Gasteiger charge is -2.13. The second-order valence-corrected chi connectivity index (χ2v) is 7.94. The van der Waals surface area contributed by atoms with E-state index in [1.165, 1.54) is 0 Å². The summed E-state index contributed by atoms with van der Waals surface area (Å²) in [7, 11) is 3.13. The topological polar surface area (TPSA) is 52.8 Å². The molecule has 0 amide bonds. The molecule has 0 saturated carbocycles. The highest BCUT2D eigenvalue weighted by molar-refractivity contribution is 6.23. The van der Waals surface area contributed by atoms with Crippen LogP contribution in [-0.2, 0) is 0 Å². The van der Waals surface area contributed by atoms with Gasteiger partial charge in [-0.2, -0.15) is 0 Å². The summed E-state index contributed by atoms with van der Waals surface area (Å²) in [6.45, 7) is 2.09. The molecule has 0 N–H and O–H groups in total. The fourth-order valence-corrected chi connectivity index (χ4v) is 4.93. The minimum Gasteiger partial charge on any atom is -0.493 e. The molecular formula is C27H20N2O3. The maximum atomic E-state index is 13.9. The van der Waals surface area contributed by atoms with Gasteiger partial charge in [-0.15, -0.1) is 0 Å². The molecule has 0 unspecified atom stereocenters. The van der Waals surface area contributed by atoms with E-state index >= 15 is 0 Å². The van der Waals surface area contributed by atoms with Crippen molar-refractivity contribution in [1.29, 1.82) is 0 Å². The molecule has 3 heterocycles. The maximum absolute atomic E-state index is 13.9. The summed E-state index contributed by atoms with van der Waals surface area (Å²) in [5.74, 6) is 0.948. The van der Waals surface area contributed by atoms with E-state index in [1.54, 1.807) is 18.6 Å². The van der Waals surface area contributed by atoms with Crippen molar-refractivity contribution in [3.63, 3.8) is 0 Å². The largest absolute Gasteiger partial charge is 0.493 e. The Labute approximate surface area is 183 Å². The van der Waals surface area contributed by atoms with Crippen LogP contribution < -0.4 is 15.0 Å². The lowest BCUT2D eigenvalue weighted by Crippen LogP contribution is -2.14. The molecule has 32 heavy (non-hydrogen) atoms. The van der Waals surface area contributed by atoms with Crippen LogP contribution in [0.1, 0.15) is 5.56 Å². The predicted molar refractivity (Wildman–Crippen MR) is 128 cm³/mol. The Morgan fingerprint density at radius 3 is 2.38 bits per heavy atom. The summed E-state index contributed by atoms with van der Waals surface area (Å²) in [4.78, 5) is 18.8. The van der Waals surface area contributed by atoms with Crippen LogP contribution in [0, 0.1) is 6.92 Å². The maximum Gasteiger partial charge on any atom is 0.267 e. The van der Waals surface area contributed by atoms with Gasteiger partial charge in [-0.05, 0) is 36.2 Å². The fourth-order valence-electron chi connectivity index (χ4n) is 4.93. The number of rotatable bonds is 3. The van der Waals surface area contributed by atoms with Gasteiger partial charge in [0.2, 0.25) is 0 Å². The first-order valence-corrected chi connectivity index (χ1v) is 10.4. The first-order chi connectivity index (χ1) is 15.7. The van der Waals surface area contributed by atoms with E-state index in [-0.39, 0.29) is 5.56 Å². The minimum atomic E-state index is -0.141. The van der Waals surface area contributed by atoms with Gasteiger partial charge < -0.3 is 9.47 Å². The van der Waals surface area contributed by atoms with Gasteiger partial charge in [0.15, 0.2) is 11.5 Å². The first kappa shape index (κ1) is 18.6. The van der Waals surface area contributed by atoms with Crippen molar-refractivity contribution >= 4 is 38.1 Å². The molecule has 5 heteroatoms. The van der Waals surface area contributed by atoms with Gasteiger partial charge in [-0.3, -0.25) is 14.2 Å². The number of nitrogens with zero attached hydrogens (tertiary/aromatic N) is 2. The van der Waals surface area contributed by atoms with Crippen molar-refractivity contribution in [2.45, 2.75) is 6.92 Å². The third-order valence-electron chi connectivity index (χ3n) is 6.34. The molecule has 0 bridgehead atoms. The summed E-state index contributed by atoms with van der Waals surface area (Å²) in [6, 6.07) is 20.0. The van der Waals surface area contributed by atoms with Crippen LogP contribution in [-0.4, -0.2) is 23.6 Å². The van der Waals surface area contributed by atoms with Gasteiger partial charge in [-0.1, -0.05) is 42.5 Å². The number of aromatic nitrogens is 2. The number of hydrogen-bond acceptors (Lipinski definition) is 4. The van der Waals surface area contributed by atoms with E-state index in [2.05, 4.69) is 25.1 Å². The lowest BCUT2D eigenvalue weighted by molar-refractivity contribution is 0.358. The summed E-state index contributed by atoms with van der Waals surface area (Å²) < 4.78 is 12.9. The molecule has 6 aromatic rings. The van der Waals surface area contributed by atoms with Crippen molar-refractivity contribution in [2.24, 2.45) is 0 Å². The monoisotopic (exact) mass is 420 g/mol. The fraction of sp³-hybridized carbons (Fsp3) is 0.111. The molecule has 3 aromatic heterocycles. The van der Waals surface area contributed by atoms with Gasteiger partial charge in [0.25, 0.3) is 5.56 Å². The van der Waals surface area contributed by atoms with Crippen molar-refractivity contribution in [3.05, 3.63) is 82.8 Å². The predicted octanol–water partition coefficient (Wildman–Crippen LogP) is 5.58. The zero-order chi connectivity index (χ0) is 22.0. The van der Waals surface area contributed by atoms with E-state index in [1.807, 2.05) is 48.7 Å². The van der Waals surface area contributed by atoms with E-state index < -0.39 is 0 Å². The zero-order valence-electron chi connectivity index (χ0n) is 18.0. The van der Waals surface area contributed by atoms with Crippen molar-refractivity contribution in [1.82, 2.24) is 9.38 Å². The molecule has 6 rings (SSSR count). The molecule has 0 radical (unpaired) electrons. The lowest BCUT2D eigenvalue weighted by atomic mass is 9.96. The van der Waals surface area contributed by atoms with Crippen LogP contribution in [0.3, 0.4) is 0 Å². The molecule has 0 aliphatic carbocycles. The highest BCUT2D eigenvalue weighted by Crippen LogP contribution is 2.42. The highest BCUT2D eigenvalue weighted by Gasteiger charge is 2.24. The smallest absolute Gasteiger partial charge is 0.267 e. The average Bonchev–Trinajstić information content (AvgIpc) is 3.18. The second-order valence-electron chi connectivity index (χ2n) is 7.94. The second kappa shape index (κ2) is 6.69. The first-order valence-electron chi connectivity index (χ1n) is 10.4. The third kappa shape index (κ3) is 2.28. The number of pyridine rings is 2. The molecule has 3 aromatic carbocycles. The minimum absolute atomic E-state index is 0.141. The van der Waals surface area contributed by atoms with Crippen molar-refractivity contribution in [2.75, 3.05) is 14.2 Å². The van der Waals surface area contributed by atoms with Crippen molar-refractivity contribution < 1.29 is 9.47 Å². The van der Waals surface area contributed by atoms with Crippen molar-refractivity contribution in [3.8, 4) is 22.6 Å². The quantitative estimate of drug-likeness (QED) is 0.351. The van der Waals surface area contributed by atoms with Gasteiger partial charge in [0, 0.05) is 27.9 Å². The Morgan fingerprint density at radius 2 is 1.59 bits per heavy atom. The normalized spacial score (nSPS) is 11.7. The molecule has 0 fully saturated rings. The van der Waals surface area contributed by atoms with Crippen LogP contribution in [0.4, 0.5) is 0 Å². The molecule has 0 saturated heterocycles. The van der Waals surface area contributed by atoms with Crippen LogP contribution in [0.5, 0.6) is 11.5 Å². The Balaban J connectivity index is 1.94. The molecule has 156 valence electrons. The van der Waals surface area contributed by atoms with E-state index in [0.29, 0.717) is 16.9 Å². The Kier molecular flexibility index (Phi) is 3.89. The van der Waals surface area contributed by atoms with Crippen LogP contribution in [0.2, 0.25) is 0 Å². The zero-order valence-corrected chi connectivity index (χ0v) is 18.0. The number of methoxy groups -OCH3 is 2. The molecule has 0 aliphatic heterocycles. The van der Waals surface area contributed by atoms with Gasteiger partial charge >= 0.3 is 0 Å². The SMILES string of the molecule is COc1ccc2c(c1OC)c(=O)n1c3ccccc3c3c(-c4ccccc4C)cnc2c31. The van der Waals surface area contributed by atoms with E-state index in [9.17, 15) is 4.79 Å². The van der Waals surface area contributed by atoms with Gasteiger partial charge in [0.1, 0.15) is 0 Å². The number of fused-ring (bicyclic) bond motifs is 5. The molecule has 0 aliphatic rings. The molecular weight excluding hydrogens is 400 g/mol. The number of para-hydroxylation sites is 1. The van der Waals surface area contributed by atoms with E-state index in [0.717, 1.165) is 49.4 Å². The molecule has 5 nitrogen and oxygen atoms in total. The number of ether oxygens (including phenoxy) is 2. The Bertz CT molecular complexity index is 1730. The molecule has 0 atom stereocenters. The third-order valence-corrected chi connectivity index (χ3v) is 6.34. The number of hydrogen-bond donors (Lipinski definition) is 0. The summed E-state index contributed by atoms with van der Waals surface area (Å²) >= 11 is 0. The Morgan fingerprint density at radius 1 is 0.812 bits per heavy atom. The highest BCUT2D eigenvalue weighted by atomic mass is 16.5. The summed E-state index contributed by atoms with van der Waals surface area (Å²) in [6.07, 6.45) is 1.92. The van der Waals surface area contributed by atoms with E-state index in [4.69, 9.17) is 14.5 Å².